The second kappa shape index (κ2) is 5.12. The molecule has 3 nitrogen and oxygen atoms in total. The minimum Gasteiger partial charge on any atom is -0.497 e. The van der Waals surface area contributed by atoms with Crippen LogP contribution in [-0.2, 0) is 4.74 Å². The fourth-order valence-electron chi connectivity index (χ4n) is 1.89. The van der Waals surface area contributed by atoms with Crippen molar-refractivity contribution in [2.75, 3.05) is 13.7 Å². The van der Waals surface area contributed by atoms with Gasteiger partial charge < -0.3 is 9.47 Å². The number of ketones is 1. The van der Waals surface area contributed by atoms with Crippen LogP contribution in [0.2, 0.25) is 0 Å². The molecule has 1 saturated heterocycles. The zero-order valence-corrected chi connectivity index (χ0v) is 9.44. The largest absolute Gasteiger partial charge is 0.497 e. The normalized spacial score (nSPS) is 20.4. The van der Waals surface area contributed by atoms with Gasteiger partial charge >= 0.3 is 0 Å². The second-order valence-electron chi connectivity index (χ2n) is 3.95. The van der Waals surface area contributed by atoms with Gasteiger partial charge in [0.1, 0.15) is 11.9 Å². The van der Waals surface area contributed by atoms with Gasteiger partial charge in [-0.15, -0.1) is 0 Å². The molecule has 0 spiro atoms. The van der Waals surface area contributed by atoms with E-state index in [9.17, 15) is 4.79 Å². The molecule has 0 amide bonds. The lowest BCUT2D eigenvalue weighted by Gasteiger charge is -2.21. The van der Waals surface area contributed by atoms with Crippen LogP contribution in [0.3, 0.4) is 0 Å². The van der Waals surface area contributed by atoms with Crippen molar-refractivity contribution in [2.45, 2.75) is 25.4 Å². The highest BCUT2D eigenvalue weighted by atomic mass is 16.5. The summed E-state index contributed by atoms with van der Waals surface area (Å²) in [6, 6.07) is 7.18. The quantitative estimate of drug-likeness (QED) is 0.734. The van der Waals surface area contributed by atoms with Gasteiger partial charge in [-0.1, -0.05) is 0 Å². The number of ether oxygens (including phenoxy) is 2. The van der Waals surface area contributed by atoms with E-state index in [1.165, 1.54) is 0 Å². The van der Waals surface area contributed by atoms with Crippen LogP contribution in [0.25, 0.3) is 0 Å². The number of carbonyl (C=O) groups is 1. The van der Waals surface area contributed by atoms with Crippen molar-refractivity contribution in [3.05, 3.63) is 29.8 Å². The molecule has 1 aromatic carbocycles. The fraction of sp³-hybridized carbons (Fsp3) is 0.462. The Morgan fingerprint density at radius 3 is 2.62 bits per heavy atom. The Morgan fingerprint density at radius 2 is 2.06 bits per heavy atom. The SMILES string of the molecule is COc1ccc(C(=O)C2CCCCO2)cc1. The maximum Gasteiger partial charge on any atom is 0.191 e. The van der Waals surface area contributed by atoms with Crippen molar-refractivity contribution in [3.63, 3.8) is 0 Å². The minimum absolute atomic E-state index is 0.0855. The predicted molar refractivity (Wildman–Crippen MR) is 60.9 cm³/mol. The molecule has 1 fully saturated rings. The average Bonchev–Trinajstić information content (AvgIpc) is 2.39. The first-order chi connectivity index (χ1) is 7.81. The van der Waals surface area contributed by atoms with E-state index in [-0.39, 0.29) is 11.9 Å². The number of rotatable bonds is 3. The van der Waals surface area contributed by atoms with Gasteiger partial charge in [0.05, 0.1) is 7.11 Å². The predicted octanol–water partition coefficient (Wildman–Crippen LogP) is 2.45. The average molecular weight is 220 g/mol. The van der Waals surface area contributed by atoms with E-state index < -0.39 is 0 Å². The highest BCUT2D eigenvalue weighted by Crippen LogP contribution is 2.19. The van der Waals surface area contributed by atoms with Crippen LogP contribution in [0.4, 0.5) is 0 Å². The Balaban J connectivity index is 2.07. The smallest absolute Gasteiger partial charge is 0.191 e. The molecule has 0 aliphatic carbocycles. The van der Waals surface area contributed by atoms with Gasteiger partial charge in [0, 0.05) is 12.2 Å². The molecule has 3 heteroatoms. The van der Waals surface area contributed by atoms with Crippen molar-refractivity contribution < 1.29 is 14.3 Å². The Labute approximate surface area is 95.4 Å². The monoisotopic (exact) mass is 220 g/mol. The van der Waals surface area contributed by atoms with E-state index in [0.717, 1.165) is 25.0 Å². The van der Waals surface area contributed by atoms with Crippen molar-refractivity contribution in [1.29, 1.82) is 0 Å². The van der Waals surface area contributed by atoms with Crippen LogP contribution < -0.4 is 4.74 Å². The summed E-state index contributed by atoms with van der Waals surface area (Å²) in [5.74, 6) is 0.850. The number of hydrogen-bond acceptors (Lipinski definition) is 3. The van der Waals surface area contributed by atoms with Crippen LogP contribution in [-0.4, -0.2) is 25.6 Å². The molecular formula is C13H16O3. The van der Waals surface area contributed by atoms with Crippen LogP contribution >= 0.6 is 0 Å². The molecule has 1 aliphatic rings. The summed E-state index contributed by atoms with van der Waals surface area (Å²) in [5, 5.41) is 0. The van der Waals surface area contributed by atoms with E-state index >= 15 is 0 Å². The standard InChI is InChI=1S/C13H16O3/c1-15-11-7-5-10(6-8-11)13(14)12-4-2-3-9-16-12/h5-8,12H,2-4,9H2,1H3. The molecule has 1 aromatic rings. The minimum atomic E-state index is -0.248. The lowest BCUT2D eigenvalue weighted by Crippen LogP contribution is -2.28. The number of Topliss-reactive ketones (excluding diaryl/α,β-unsaturated/α-hetero) is 1. The first kappa shape index (κ1) is 11.1. The first-order valence-corrected chi connectivity index (χ1v) is 5.61. The van der Waals surface area contributed by atoms with Gasteiger partial charge in [0.2, 0.25) is 0 Å². The van der Waals surface area contributed by atoms with E-state index in [2.05, 4.69) is 0 Å². The lowest BCUT2D eigenvalue weighted by atomic mass is 10.00. The molecule has 0 aromatic heterocycles. The summed E-state index contributed by atoms with van der Waals surface area (Å²) in [6.07, 6.45) is 2.73. The van der Waals surface area contributed by atoms with Gasteiger partial charge in [0.25, 0.3) is 0 Å². The molecule has 0 radical (unpaired) electrons. The van der Waals surface area contributed by atoms with Crippen LogP contribution in [0.15, 0.2) is 24.3 Å². The van der Waals surface area contributed by atoms with Gasteiger partial charge in [-0.2, -0.15) is 0 Å². The van der Waals surface area contributed by atoms with Crippen molar-refractivity contribution in [3.8, 4) is 5.75 Å². The summed E-state index contributed by atoms with van der Waals surface area (Å²) in [4.78, 5) is 12.0. The Kier molecular flexibility index (Phi) is 3.57. The van der Waals surface area contributed by atoms with Gasteiger partial charge in [-0.05, 0) is 43.5 Å². The molecular weight excluding hydrogens is 204 g/mol. The fourth-order valence-corrected chi connectivity index (χ4v) is 1.89. The molecule has 0 N–H and O–H groups in total. The molecule has 1 atom stereocenters. The summed E-state index contributed by atoms with van der Waals surface area (Å²) < 4.78 is 10.5. The summed E-state index contributed by atoms with van der Waals surface area (Å²) in [7, 11) is 1.61. The summed E-state index contributed by atoms with van der Waals surface area (Å²) >= 11 is 0. The lowest BCUT2D eigenvalue weighted by molar-refractivity contribution is 0.0186. The zero-order chi connectivity index (χ0) is 11.4. The summed E-state index contributed by atoms with van der Waals surface area (Å²) in [5.41, 5.74) is 0.702. The third-order valence-electron chi connectivity index (χ3n) is 2.85. The molecule has 0 bridgehead atoms. The highest BCUT2D eigenvalue weighted by molar-refractivity contribution is 5.99. The number of methoxy groups -OCH3 is 1. The Bertz CT molecular complexity index is 350. The van der Waals surface area contributed by atoms with Gasteiger partial charge in [-0.3, -0.25) is 4.79 Å². The Morgan fingerprint density at radius 1 is 1.31 bits per heavy atom. The van der Waals surface area contributed by atoms with Crippen molar-refractivity contribution in [1.82, 2.24) is 0 Å². The van der Waals surface area contributed by atoms with Crippen LogP contribution in [0.1, 0.15) is 29.6 Å². The molecule has 2 rings (SSSR count). The molecule has 16 heavy (non-hydrogen) atoms. The molecule has 1 aliphatic heterocycles. The number of hydrogen-bond donors (Lipinski definition) is 0. The maximum atomic E-state index is 12.0. The first-order valence-electron chi connectivity index (χ1n) is 5.61. The van der Waals surface area contributed by atoms with E-state index in [1.54, 1.807) is 31.4 Å². The topological polar surface area (TPSA) is 35.5 Å². The van der Waals surface area contributed by atoms with E-state index in [1.807, 2.05) is 0 Å². The van der Waals surface area contributed by atoms with Gasteiger partial charge in [0.15, 0.2) is 5.78 Å². The third-order valence-corrected chi connectivity index (χ3v) is 2.85. The van der Waals surface area contributed by atoms with Gasteiger partial charge in [-0.25, -0.2) is 0 Å². The van der Waals surface area contributed by atoms with E-state index in [0.29, 0.717) is 12.2 Å². The second-order valence-corrected chi connectivity index (χ2v) is 3.95. The molecule has 1 heterocycles. The molecule has 1 unspecified atom stereocenters. The highest BCUT2D eigenvalue weighted by Gasteiger charge is 2.22. The summed E-state index contributed by atoms with van der Waals surface area (Å²) in [6.45, 7) is 0.701. The van der Waals surface area contributed by atoms with Crippen molar-refractivity contribution >= 4 is 5.78 Å². The van der Waals surface area contributed by atoms with Crippen molar-refractivity contribution in [2.24, 2.45) is 0 Å². The van der Waals surface area contributed by atoms with Crippen LogP contribution in [0.5, 0.6) is 5.75 Å². The number of carbonyl (C=O) groups excluding carboxylic acids is 1. The third kappa shape index (κ3) is 2.42. The van der Waals surface area contributed by atoms with Crippen LogP contribution in [0, 0.1) is 0 Å². The zero-order valence-electron chi connectivity index (χ0n) is 9.44. The van der Waals surface area contributed by atoms with E-state index in [4.69, 9.17) is 9.47 Å². The number of benzene rings is 1. The maximum absolute atomic E-state index is 12.0. The Hall–Kier alpha value is -1.35. The molecule has 0 saturated carbocycles. The molecule has 86 valence electrons.